The summed E-state index contributed by atoms with van der Waals surface area (Å²) < 4.78 is 102. The van der Waals surface area contributed by atoms with E-state index in [4.69, 9.17) is 0 Å². The van der Waals surface area contributed by atoms with Gasteiger partial charge < -0.3 is 23.8 Å². The second-order valence-electron chi connectivity index (χ2n) is 7.33. The molecule has 1 fully saturated rings. The first kappa shape index (κ1) is 27.3. The molecule has 1 saturated heterocycles. The molecule has 0 saturated carbocycles. The van der Waals surface area contributed by atoms with E-state index >= 15 is 0 Å². The standard InChI is InChI=1S/C18H18F6N5O2S.Re/c1-9-4-14(13-3-2-10(17(19,20)21)6-15(13)29-32(30)31)27-28-16(9)26-12-5-11(7-25-8-12)18(22,23)24;/h2-4,6,11-12,25H,5,7-8H2,1H3,(H,26,28)(H,29,30,31);/q-1;. The maximum atomic E-state index is 13.0. The Bertz CT molecular complexity index is 1060. The molecule has 0 aliphatic carbocycles. The van der Waals surface area contributed by atoms with Crippen LogP contribution in [0.2, 0.25) is 0 Å². The Morgan fingerprint density at radius 3 is 2.33 bits per heavy atom. The summed E-state index contributed by atoms with van der Waals surface area (Å²) in [5, 5.41) is 13.5. The van der Waals surface area contributed by atoms with E-state index in [2.05, 4.69) is 20.8 Å². The Morgan fingerprint density at radius 2 is 1.76 bits per heavy atom. The number of anilines is 2. The molecule has 2 aromatic rings. The number of nitrogens with one attached hydrogen (secondary N) is 3. The summed E-state index contributed by atoms with van der Waals surface area (Å²) in [4.78, 5) is 0. The molecule has 33 heavy (non-hydrogen) atoms. The van der Waals surface area contributed by atoms with Gasteiger partial charge in [0.15, 0.2) is 5.82 Å². The third kappa shape index (κ3) is 7.02. The van der Waals surface area contributed by atoms with E-state index in [1.165, 1.54) is 6.07 Å². The fourth-order valence-corrected chi connectivity index (χ4v) is 3.72. The van der Waals surface area contributed by atoms with Gasteiger partial charge in [-0.25, -0.2) is 0 Å². The van der Waals surface area contributed by atoms with Crippen LogP contribution in [0.25, 0.3) is 11.3 Å². The van der Waals surface area contributed by atoms with Gasteiger partial charge in [0.2, 0.25) is 0 Å². The Labute approximate surface area is 200 Å². The van der Waals surface area contributed by atoms with Gasteiger partial charge in [-0.2, -0.15) is 26.3 Å². The maximum Gasteiger partial charge on any atom is 0.416 e. The predicted octanol–water partition coefficient (Wildman–Crippen LogP) is 4.06. The second-order valence-corrected chi connectivity index (χ2v) is 8.00. The molecule has 1 aromatic heterocycles. The van der Waals surface area contributed by atoms with Crippen molar-refractivity contribution in [2.75, 3.05) is 23.1 Å². The van der Waals surface area contributed by atoms with E-state index in [0.29, 0.717) is 11.6 Å². The van der Waals surface area contributed by atoms with Crippen molar-refractivity contribution >= 4 is 22.4 Å². The minimum Gasteiger partial charge on any atom is -0.419 e. The third-order valence-electron chi connectivity index (χ3n) is 4.95. The summed E-state index contributed by atoms with van der Waals surface area (Å²) >= 11 is 0. The summed E-state index contributed by atoms with van der Waals surface area (Å²) in [6.45, 7) is 1.72. The molecular formula is C18H18F6N5O2ReS-. The average Bonchev–Trinajstić information content (AvgIpc) is 2.68. The monoisotopic (exact) mass is 669 g/mol. The van der Waals surface area contributed by atoms with E-state index in [-0.39, 0.29) is 62.7 Å². The van der Waals surface area contributed by atoms with Crippen molar-refractivity contribution in [3.8, 4) is 11.3 Å². The molecule has 2 unspecified atom stereocenters. The zero-order chi connectivity index (χ0) is 23.7. The Kier molecular flexibility index (Phi) is 8.72. The molecule has 3 rings (SSSR count). The zero-order valence-corrected chi connectivity index (χ0v) is 20.4. The van der Waals surface area contributed by atoms with Gasteiger partial charge in [0, 0.05) is 61.7 Å². The average molecular weight is 669 g/mol. The van der Waals surface area contributed by atoms with Crippen LogP contribution in [0, 0.1) is 12.8 Å². The molecule has 1 aliphatic heterocycles. The molecule has 183 valence electrons. The first-order valence-corrected chi connectivity index (χ1v) is 10.4. The number of alkyl halides is 6. The van der Waals surface area contributed by atoms with Crippen molar-refractivity contribution in [3.63, 3.8) is 0 Å². The van der Waals surface area contributed by atoms with Crippen LogP contribution >= 0.6 is 0 Å². The van der Waals surface area contributed by atoms with Crippen molar-refractivity contribution in [1.82, 2.24) is 15.5 Å². The van der Waals surface area contributed by atoms with E-state index in [1.807, 2.05) is 4.72 Å². The fraction of sp³-hybridized carbons (Fsp3) is 0.444. The number of nitrogens with zero attached hydrogens (tertiary/aromatic N) is 2. The van der Waals surface area contributed by atoms with Gasteiger partial charge in [0.05, 0.1) is 17.2 Å². The van der Waals surface area contributed by atoms with Crippen molar-refractivity contribution in [3.05, 3.63) is 35.4 Å². The maximum absolute atomic E-state index is 13.0. The number of aryl methyl sites for hydroxylation is 1. The SMILES string of the molecule is Cc1cc(-c2ccc(C(F)(F)F)cc2N[S-](=O)=O)nnc1NC1CNCC(C(F)(F)F)C1.[Re]. The molecule has 1 radical (unpaired) electrons. The quantitative estimate of drug-likeness (QED) is 0.329. The van der Waals surface area contributed by atoms with Crippen molar-refractivity contribution in [2.24, 2.45) is 5.92 Å². The van der Waals surface area contributed by atoms with Gasteiger partial charge in [0.25, 0.3) is 0 Å². The molecule has 0 bridgehead atoms. The summed E-state index contributed by atoms with van der Waals surface area (Å²) in [5.74, 6) is -1.28. The number of piperidine rings is 1. The summed E-state index contributed by atoms with van der Waals surface area (Å²) in [6, 6.07) is 3.38. The summed E-state index contributed by atoms with van der Waals surface area (Å²) in [6.07, 6.45) is -9.16. The second kappa shape index (κ2) is 10.5. The van der Waals surface area contributed by atoms with Crippen LogP contribution in [-0.2, 0) is 45.9 Å². The number of halogens is 6. The van der Waals surface area contributed by atoms with Gasteiger partial charge in [-0.1, -0.05) is 6.07 Å². The van der Waals surface area contributed by atoms with Gasteiger partial charge >= 0.3 is 12.4 Å². The Balaban J connectivity index is 0.00000385. The number of hydrogen-bond donors (Lipinski definition) is 3. The van der Waals surface area contributed by atoms with Crippen LogP contribution in [-0.4, -0.2) is 35.5 Å². The van der Waals surface area contributed by atoms with Crippen molar-refractivity contribution in [2.45, 2.75) is 31.7 Å². The van der Waals surface area contributed by atoms with Gasteiger partial charge in [0.1, 0.15) is 0 Å². The van der Waals surface area contributed by atoms with Crippen LogP contribution in [0.15, 0.2) is 24.3 Å². The van der Waals surface area contributed by atoms with E-state index in [0.717, 1.165) is 12.1 Å². The van der Waals surface area contributed by atoms with Gasteiger partial charge in [-0.05, 0) is 37.1 Å². The molecule has 0 amide bonds. The predicted molar refractivity (Wildman–Crippen MR) is 104 cm³/mol. The number of aromatic nitrogens is 2. The first-order chi connectivity index (χ1) is 14.8. The zero-order valence-electron chi connectivity index (χ0n) is 16.9. The van der Waals surface area contributed by atoms with E-state index in [9.17, 15) is 34.8 Å². The number of rotatable bonds is 5. The minimum absolute atomic E-state index is 0. The normalized spacial score (nSPS) is 19.2. The van der Waals surface area contributed by atoms with Crippen LogP contribution < -0.4 is 15.4 Å². The number of hydrogen-bond acceptors (Lipinski definition) is 7. The minimum atomic E-state index is -4.68. The third-order valence-corrected chi connectivity index (χ3v) is 5.34. The van der Waals surface area contributed by atoms with E-state index < -0.39 is 40.8 Å². The summed E-state index contributed by atoms with van der Waals surface area (Å²) in [7, 11) is -2.89. The largest absolute Gasteiger partial charge is 0.419 e. The van der Waals surface area contributed by atoms with Crippen LogP contribution in [0.4, 0.5) is 37.8 Å². The van der Waals surface area contributed by atoms with E-state index in [1.54, 1.807) is 6.92 Å². The van der Waals surface area contributed by atoms with Gasteiger partial charge in [-0.3, -0.25) is 0 Å². The van der Waals surface area contributed by atoms with Crippen molar-refractivity contribution < 1.29 is 55.2 Å². The molecule has 2 atom stereocenters. The molecule has 2 heterocycles. The Hall–Kier alpha value is -1.95. The van der Waals surface area contributed by atoms with Crippen molar-refractivity contribution in [1.29, 1.82) is 0 Å². The smallest absolute Gasteiger partial charge is 0.416 e. The molecule has 1 aromatic carbocycles. The van der Waals surface area contributed by atoms with Crippen LogP contribution in [0.5, 0.6) is 0 Å². The summed E-state index contributed by atoms with van der Waals surface area (Å²) in [5.41, 5.74) is -0.781. The Morgan fingerprint density at radius 1 is 1.06 bits per heavy atom. The molecular weight excluding hydrogens is 650 g/mol. The molecule has 7 nitrogen and oxygen atoms in total. The van der Waals surface area contributed by atoms with Gasteiger partial charge in [-0.15, -0.1) is 10.2 Å². The molecule has 3 N–H and O–H groups in total. The molecule has 1 aliphatic rings. The fourth-order valence-electron chi connectivity index (χ4n) is 3.37. The topological polar surface area (TPSA) is 96.0 Å². The first-order valence-electron chi connectivity index (χ1n) is 9.30. The van der Waals surface area contributed by atoms with Crippen LogP contribution in [0.3, 0.4) is 0 Å². The molecule has 0 spiro atoms. The van der Waals surface area contributed by atoms with Crippen LogP contribution in [0.1, 0.15) is 17.5 Å². The number of benzene rings is 1. The molecule has 15 heteroatoms.